The summed E-state index contributed by atoms with van der Waals surface area (Å²) in [6.07, 6.45) is 2.76. The van der Waals surface area contributed by atoms with Gasteiger partial charge in [0.15, 0.2) is 0 Å². The van der Waals surface area contributed by atoms with Crippen LogP contribution in [0.2, 0.25) is 0 Å². The van der Waals surface area contributed by atoms with E-state index in [9.17, 15) is 10.1 Å². The van der Waals surface area contributed by atoms with E-state index >= 15 is 0 Å². The van der Waals surface area contributed by atoms with Gasteiger partial charge in [-0.25, -0.2) is 0 Å². The number of nitro benzene ring substituents is 1. The molecule has 3 rings (SSSR count). The van der Waals surface area contributed by atoms with Crippen molar-refractivity contribution in [3.8, 4) is 0 Å². The third kappa shape index (κ3) is 3.58. The highest BCUT2D eigenvalue weighted by Crippen LogP contribution is 2.22. The second-order valence-electron chi connectivity index (χ2n) is 5.80. The minimum absolute atomic E-state index is 0.142. The number of nitro groups is 1. The highest BCUT2D eigenvalue weighted by atomic mass is 16.6. The first kappa shape index (κ1) is 14.4. The molecule has 0 amide bonds. The number of morpholine rings is 1. The van der Waals surface area contributed by atoms with Gasteiger partial charge in [-0.2, -0.15) is 0 Å². The normalized spacial score (nSPS) is 25.7. The second kappa shape index (κ2) is 6.51. The molecule has 0 bridgehead atoms. The molecule has 0 spiro atoms. The fourth-order valence-electron chi connectivity index (χ4n) is 3.17. The zero-order chi connectivity index (χ0) is 14.7. The van der Waals surface area contributed by atoms with Gasteiger partial charge in [0.1, 0.15) is 0 Å². The fraction of sp³-hybridized carbons (Fsp3) is 0.600. The van der Waals surface area contributed by atoms with Crippen LogP contribution in [-0.4, -0.2) is 48.2 Å². The topological polar surface area (TPSA) is 67.6 Å². The first-order valence-electron chi connectivity index (χ1n) is 7.52. The van der Waals surface area contributed by atoms with Crippen LogP contribution < -0.4 is 5.32 Å². The molecular weight excluding hydrogens is 270 g/mol. The maximum absolute atomic E-state index is 10.7. The lowest BCUT2D eigenvalue weighted by Gasteiger charge is -2.35. The Hall–Kier alpha value is -1.50. The van der Waals surface area contributed by atoms with Crippen molar-refractivity contribution in [2.45, 2.75) is 31.5 Å². The Labute approximate surface area is 124 Å². The van der Waals surface area contributed by atoms with Gasteiger partial charge in [0.05, 0.1) is 17.6 Å². The van der Waals surface area contributed by atoms with Crippen molar-refractivity contribution in [2.24, 2.45) is 0 Å². The van der Waals surface area contributed by atoms with E-state index in [0.29, 0.717) is 12.6 Å². The van der Waals surface area contributed by atoms with Crippen LogP contribution in [0.4, 0.5) is 5.69 Å². The van der Waals surface area contributed by atoms with E-state index in [0.717, 1.165) is 25.3 Å². The van der Waals surface area contributed by atoms with Crippen molar-refractivity contribution >= 4 is 5.69 Å². The first-order valence-corrected chi connectivity index (χ1v) is 7.52. The number of nitrogens with one attached hydrogen (secondary N) is 1. The monoisotopic (exact) mass is 291 g/mol. The smallest absolute Gasteiger partial charge is 0.269 e. The average Bonchev–Trinajstić information content (AvgIpc) is 2.95. The van der Waals surface area contributed by atoms with Crippen LogP contribution in [0, 0.1) is 10.1 Å². The van der Waals surface area contributed by atoms with E-state index in [1.807, 2.05) is 6.07 Å². The molecule has 6 nitrogen and oxygen atoms in total. The van der Waals surface area contributed by atoms with Crippen LogP contribution in [0.3, 0.4) is 0 Å². The number of hydrogen-bond acceptors (Lipinski definition) is 5. The SMILES string of the molecule is O=[N+]([O-])c1cccc(CNCC2CN3CCCC3CO2)c1. The quantitative estimate of drug-likeness (QED) is 0.658. The molecule has 1 aromatic carbocycles. The average molecular weight is 291 g/mol. The summed E-state index contributed by atoms with van der Waals surface area (Å²) < 4.78 is 5.88. The Morgan fingerprint density at radius 1 is 1.48 bits per heavy atom. The van der Waals surface area contributed by atoms with Crippen molar-refractivity contribution in [3.05, 3.63) is 39.9 Å². The van der Waals surface area contributed by atoms with Crippen LogP contribution in [0.5, 0.6) is 0 Å². The van der Waals surface area contributed by atoms with Crippen molar-refractivity contribution in [3.63, 3.8) is 0 Å². The summed E-state index contributed by atoms with van der Waals surface area (Å²) in [5.74, 6) is 0. The van der Waals surface area contributed by atoms with Gasteiger partial charge in [-0.1, -0.05) is 12.1 Å². The summed E-state index contributed by atoms with van der Waals surface area (Å²) in [6, 6.07) is 7.38. The predicted molar refractivity (Wildman–Crippen MR) is 79.1 cm³/mol. The number of ether oxygens (including phenoxy) is 1. The maximum atomic E-state index is 10.7. The van der Waals surface area contributed by atoms with Gasteiger partial charge in [0, 0.05) is 37.8 Å². The molecule has 2 fully saturated rings. The van der Waals surface area contributed by atoms with Crippen molar-refractivity contribution in [2.75, 3.05) is 26.2 Å². The molecule has 2 atom stereocenters. The third-order valence-corrected chi connectivity index (χ3v) is 4.28. The Bertz CT molecular complexity index is 509. The van der Waals surface area contributed by atoms with E-state index < -0.39 is 0 Å². The number of benzene rings is 1. The summed E-state index contributed by atoms with van der Waals surface area (Å²) in [5, 5.41) is 14.1. The number of hydrogen-bond donors (Lipinski definition) is 1. The third-order valence-electron chi connectivity index (χ3n) is 4.28. The van der Waals surface area contributed by atoms with Gasteiger partial charge in [-0.3, -0.25) is 15.0 Å². The van der Waals surface area contributed by atoms with Crippen LogP contribution in [0.1, 0.15) is 18.4 Å². The van der Waals surface area contributed by atoms with Crippen molar-refractivity contribution in [1.29, 1.82) is 0 Å². The summed E-state index contributed by atoms with van der Waals surface area (Å²) in [4.78, 5) is 12.9. The lowest BCUT2D eigenvalue weighted by Crippen LogP contribution is -2.49. The number of fused-ring (bicyclic) bond motifs is 1. The minimum Gasteiger partial charge on any atom is -0.374 e. The number of non-ortho nitro benzene ring substituents is 1. The molecule has 2 heterocycles. The summed E-state index contributed by atoms with van der Waals surface area (Å²) >= 11 is 0. The molecule has 0 saturated carbocycles. The highest BCUT2D eigenvalue weighted by molar-refractivity contribution is 5.34. The fourth-order valence-corrected chi connectivity index (χ4v) is 3.17. The largest absolute Gasteiger partial charge is 0.374 e. The van der Waals surface area contributed by atoms with E-state index in [1.165, 1.54) is 25.5 Å². The molecule has 114 valence electrons. The Balaban J connectivity index is 1.45. The van der Waals surface area contributed by atoms with Crippen LogP contribution in [-0.2, 0) is 11.3 Å². The molecule has 2 saturated heterocycles. The van der Waals surface area contributed by atoms with Crippen molar-refractivity contribution < 1.29 is 9.66 Å². The molecule has 1 aromatic rings. The molecule has 2 aliphatic rings. The van der Waals surface area contributed by atoms with E-state index in [1.54, 1.807) is 12.1 Å². The van der Waals surface area contributed by atoms with Crippen molar-refractivity contribution in [1.82, 2.24) is 10.2 Å². The standard InChI is InChI=1S/C15H21N3O3/c19-18(20)13-4-1-3-12(7-13)8-16-9-15-10-17-6-2-5-14(17)11-21-15/h1,3-4,7,14-16H,2,5-6,8-11H2. The molecule has 6 heteroatoms. The molecule has 0 radical (unpaired) electrons. The van der Waals surface area contributed by atoms with Gasteiger partial charge < -0.3 is 10.1 Å². The summed E-state index contributed by atoms with van der Waals surface area (Å²) in [6.45, 7) is 4.43. The van der Waals surface area contributed by atoms with Gasteiger partial charge in [0.25, 0.3) is 5.69 Å². The second-order valence-corrected chi connectivity index (χ2v) is 5.80. The zero-order valence-corrected chi connectivity index (χ0v) is 12.0. The molecule has 0 aromatic heterocycles. The molecule has 2 unspecified atom stereocenters. The lowest BCUT2D eigenvalue weighted by atomic mass is 10.1. The molecular formula is C15H21N3O3. The summed E-state index contributed by atoms with van der Waals surface area (Å²) in [7, 11) is 0. The van der Waals surface area contributed by atoms with Crippen LogP contribution in [0.15, 0.2) is 24.3 Å². The zero-order valence-electron chi connectivity index (χ0n) is 12.0. The number of rotatable bonds is 5. The minimum atomic E-state index is -0.360. The molecule has 1 N–H and O–H groups in total. The first-order chi connectivity index (χ1) is 10.2. The highest BCUT2D eigenvalue weighted by Gasteiger charge is 2.31. The number of nitrogens with zero attached hydrogens (tertiary/aromatic N) is 2. The van der Waals surface area contributed by atoms with E-state index in [2.05, 4.69) is 10.2 Å². The Kier molecular flexibility index (Phi) is 4.48. The van der Waals surface area contributed by atoms with Crippen LogP contribution in [0.25, 0.3) is 0 Å². The Morgan fingerprint density at radius 3 is 3.24 bits per heavy atom. The van der Waals surface area contributed by atoms with Gasteiger partial charge in [-0.15, -0.1) is 0 Å². The summed E-state index contributed by atoms with van der Waals surface area (Å²) in [5.41, 5.74) is 1.07. The molecule has 2 aliphatic heterocycles. The maximum Gasteiger partial charge on any atom is 0.269 e. The van der Waals surface area contributed by atoms with Gasteiger partial charge >= 0.3 is 0 Å². The van der Waals surface area contributed by atoms with Gasteiger partial charge in [0.2, 0.25) is 0 Å². The van der Waals surface area contributed by atoms with E-state index in [4.69, 9.17) is 4.74 Å². The van der Waals surface area contributed by atoms with Crippen LogP contribution >= 0.6 is 0 Å². The van der Waals surface area contributed by atoms with E-state index in [-0.39, 0.29) is 16.7 Å². The van der Waals surface area contributed by atoms with Gasteiger partial charge in [-0.05, 0) is 24.9 Å². The molecule has 0 aliphatic carbocycles. The molecule has 21 heavy (non-hydrogen) atoms. The lowest BCUT2D eigenvalue weighted by molar-refractivity contribution is -0.384. The Morgan fingerprint density at radius 2 is 2.38 bits per heavy atom. The predicted octanol–water partition coefficient (Wildman–Crippen LogP) is 1.55.